The molecule has 3 N–H and O–H groups in total. The number of rotatable bonds is 8. The topological polar surface area (TPSA) is 98.7 Å². The monoisotopic (exact) mass is 353 g/mol. The van der Waals surface area contributed by atoms with Gasteiger partial charge in [-0.2, -0.15) is 0 Å². The Hall–Kier alpha value is -1.63. The lowest BCUT2D eigenvalue weighted by atomic mass is 9.86. The van der Waals surface area contributed by atoms with Gasteiger partial charge in [0.15, 0.2) is 0 Å². The number of carbonyl (C=O) groups is 3. The Morgan fingerprint density at radius 1 is 1.28 bits per heavy atom. The average Bonchev–Trinajstić information content (AvgIpc) is 2.55. The first-order valence-electron chi connectivity index (χ1n) is 9.46. The standard InChI is InChI=1S/C18H31N3O4/c1-13(11-17(23)24)20-16(22)12-21-10-2-3-15(18(21)25)5-4-14-6-8-19-9-7-14/h13-15,19H,2-12H2,1H3,(H,20,22)(H,23,24)/t13?,15-/m0/s1. The van der Waals surface area contributed by atoms with Crippen molar-refractivity contribution in [2.75, 3.05) is 26.2 Å². The highest BCUT2D eigenvalue weighted by atomic mass is 16.4. The minimum absolute atomic E-state index is 0.0344. The molecule has 0 bridgehead atoms. The molecule has 2 aliphatic heterocycles. The third-order valence-electron chi connectivity index (χ3n) is 5.25. The van der Waals surface area contributed by atoms with Gasteiger partial charge in [-0.15, -0.1) is 0 Å². The maximum Gasteiger partial charge on any atom is 0.305 e. The Balaban J connectivity index is 1.76. The van der Waals surface area contributed by atoms with Crippen molar-refractivity contribution < 1.29 is 19.5 Å². The molecular weight excluding hydrogens is 322 g/mol. The fourth-order valence-electron chi connectivity index (χ4n) is 3.86. The lowest BCUT2D eigenvalue weighted by molar-refractivity contribution is -0.143. The van der Waals surface area contributed by atoms with Crippen LogP contribution in [-0.2, 0) is 14.4 Å². The third-order valence-corrected chi connectivity index (χ3v) is 5.25. The summed E-state index contributed by atoms with van der Waals surface area (Å²) in [4.78, 5) is 37.0. The molecule has 1 unspecified atom stereocenters. The molecule has 0 radical (unpaired) electrons. The van der Waals surface area contributed by atoms with Gasteiger partial charge in [-0.3, -0.25) is 14.4 Å². The van der Waals surface area contributed by atoms with Crippen molar-refractivity contribution in [2.45, 2.75) is 57.9 Å². The zero-order valence-corrected chi connectivity index (χ0v) is 15.1. The largest absolute Gasteiger partial charge is 0.481 e. The number of likely N-dealkylation sites (tertiary alicyclic amines) is 1. The van der Waals surface area contributed by atoms with Gasteiger partial charge in [0.05, 0.1) is 13.0 Å². The molecule has 2 rings (SSSR count). The molecule has 7 heteroatoms. The molecule has 142 valence electrons. The summed E-state index contributed by atoms with van der Waals surface area (Å²) < 4.78 is 0. The molecule has 2 fully saturated rings. The van der Waals surface area contributed by atoms with Crippen LogP contribution >= 0.6 is 0 Å². The minimum atomic E-state index is -0.945. The summed E-state index contributed by atoms with van der Waals surface area (Å²) >= 11 is 0. The Morgan fingerprint density at radius 3 is 2.68 bits per heavy atom. The molecule has 0 aromatic heterocycles. The van der Waals surface area contributed by atoms with Crippen molar-refractivity contribution in [1.29, 1.82) is 0 Å². The van der Waals surface area contributed by atoms with Crippen LogP contribution in [0.1, 0.15) is 51.9 Å². The molecule has 0 saturated carbocycles. The Bertz CT molecular complexity index is 477. The first-order chi connectivity index (χ1) is 12.0. The lowest BCUT2D eigenvalue weighted by Gasteiger charge is -2.33. The number of carboxylic acid groups (broad SMARTS) is 1. The maximum absolute atomic E-state index is 12.6. The summed E-state index contributed by atoms with van der Waals surface area (Å²) in [6, 6.07) is -0.430. The SMILES string of the molecule is CC(CC(=O)O)NC(=O)CN1CCC[C@@H](CCC2CCNCC2)C1=O. The molecule has 0 aliphatic carbocycles. The molecule has 2 saturated heterocycles. The summed E-state index contributed by atoms with van der Waals surface area (Å²) in [5, 5.41) is 14.8. The lowest BCUT2D eigenvalue weighted by Crippen LogP contribution is -2.48. The third kappa shape index (κ3) is 6.65. The van der Waals surface area contributed by atoms with Crippen LogP contribution in [0.15, 0.2) is 0 Å². The number of hydrogen-bond donors (Lipinski definition) is 3. The average molecular weight is 353 g/mol. The number of nitrogens with one attached hydrogen (secondary N) is 2. The first-order valence-corrected chi connectivity index (χ1v) is 9.46. The molecule has 2 aliphatic rings. The van der Waals surface area contributed by atoms with Crippen molar-refractivity contribution in [1.82, 2.24) is 15.5 Å². The van der Waals surface area contributed by atoms with E-state index in [1.54, 1.807) is 11.8 Å². The van der Waals surface area contributed by atoms with Crippen LogP contribution in [0.4, 0.5) is 0 Å². The van der Waals surface area contributed by atoms with Gasteiger partial charge in [0.25, 0.3) is 0 Å². The van der Waals surface area contributed by atoms with E-state index < -0.39 is 12.0 Å². The van der Waals surface area contributed by atoms with Gasteiger partial charge >= 0.3 is 5.97 Å². The van der Waals surface area contributed by atoms with Crippen molar-refractivity contribution in [3.63, 3.8) is 0 Å². The number of nitrogens with zero attached hydrogens (tertiary/aromatic N) is 1. The molecule has 2 heterocycles. The summed E-state index contributed by atoms with van der Waals surface area (Å²) in [7, 11) is 0. The van der Waals surface area contributed by atoms with Gasteiger partial charge in [-0.05, 0) is 64.5 Å². The zero-order valence-electron chi connectivity index (χ0n) is 15.1. The van der Waals surface area contributed by atoms with E-state index in [-0.39, 0.29) is 30.7 Å². The molecule has 7 nitrogen and oxygen atoms in total. The van der Waals surface area contributed by atoms with Gasteiger partial charge in [-0.1, -0.05) is 0 Å². The van der Waals surface area contributed by atoms with E-state index in [9.17, 15) is 14.4 Å². The normalized spacial score (nSPS) is 23.3. The summed E-state index contributed by atoms with van der Waals surface area (Å²) in [6.45, 7) is 4.45. The summed E-state index contributed by atoms with van der Waals surface area (Å²) in [5.41, 5.74) is 0. The minimum Gasteiger partial charge on any atom is -0.481 e. The molecule has 0 spiro atoms. The summed E-state index contributed by atoms with van der Waals surface area (Å²) in [5.74, 6) is -0.389. The van der Waals surface area contributed by atoms with Crippen molar-refractivity contribution in [3.8, 4) is 0 Å². The van der Waals surface area contributed by atoms with Gasteiger partial charge in [-0.25, -0.2) is 0 Å². The van der Waals surface area contributed by atoms with Crippen LogP contribution in [0.3, 0.4) is 0 Å². The van der Waals surface area contributed by atoms with Crippen LogP contribution in [0.5, 0.6) is 0 Å². The fraction of sp³-hybridized carbons (Fsp3) is 0.833. The highest BCUT2D eigenvalue weighted by molar-refractivity contribution is 5.86. The number of carboxylic acids is 1. The number of carbonyl (C=O) groups excluding carboxylic acids is 2. The quantitative estimate of drug-likeness (QED) is 0.604. The first kappa shape index (κ1) is 19.7. The second-order valence-electron chi connectivity index (χ2n) is 7.44. The summed E-state index contributed by atoms with van der Waals surface area (Å²) in [6.07, 6.45) is 6.12. The van der Waals surface area contributed by atoms with E-state index in [1.807, 2.05) is 0 Å². The number of piperidine rings is 2. The van der Waals surface area contributed by atoms with E-state index in [0.29, 0.717) is 12.5 Å². The van der Waals surface area contributed by atoms with Gasteiger partial charge < -0.3 is 20.6 Å². The number of amides is 2. The van der Waals surface area contributed by atoms with E-state index >= 15 is 0 Å². The van der Waals surface area contributed by atoms with Crippen LogP contribution in [-0.4, -0.2) is 60.0 Å². The van der Waals surface area contributed by atoms with Gasteiger partial charge in [0, 0.05) is 18.5 Å². The Labute approximate surface area is 149 Å². The highest BCUT2D eigenvalue weighted by Gasteiger charge is 2.30. The van der Waals surface area contributed by atoms with Crippen LogP contribution in [0.25, 0.3) is 0 Å². The Kier molecular flexibility index (Phi) is 7.68. The second kappa shape index (κ2) is 9.75. The zero-order chi connectivity index (χ0) is 18.2. The second-order valence-corrected chi connectivity index (χ2v) is 7.44. The number of hydrogen-bond acceptors (Lipinski definition) is 4. The van der Waals surface area contributed by atoms with Crippen molar-refractivity contribution in [2.24, 2.45) is 11.8 Å². The molecule has 0 aromatic carbocycles. The fourth-order valence-corrected chi connectivity index (χ4v) is 3.86. The molecule has 2 atom stereocenters. The Morgan fingerprint density at radius 2 is 2.00 bits per heavy atom. The van der Waals surface area contributed by atoms with E-state index in [2.05, 4.69) is 10.6 Å². The molecule has 25 heavy (non-hydrogen) atoms. The van der Waals surface area contributed by atoms with E-state index in [4.69, 9.17) is 5.11 Å². The van der Waals surface area contributed by atoms with E-state index in [1.165, 1.54) is 12.8 Å². The van der Waals surface area contributed by atoms with Crippen molar-refractivity contribution in [3.05, 3.63) is 0 Å². The van der Waals surface area contributed by atoms with Gasteiger partial charge in [0.2, 0.25) is 11.8 Å². The molecular formula is C18H31N3O4. The maximum atomic E-state index is 12.6. The highest BCUT2D eigenvalue weighted by Crippen LogP contribution is 2.27. The van der Waals surface area contributed by atoms with Crippen molar-refractivity contribution >= 4 is 17.8 Å². The molecule has 0 aromatic rings. The van der Waals surface area contributed by atoms with Crippen LogP contribution in [0.2, 0.25) is 0 Å². The predicted octanol–water partition coefficient (Wildman–Crippen LogP) is 0.984. The molecule has 2 amide bonds. The van der Waals surface area contributed by atoms with Crippen LogP contribution < -0.4 is 10.6 Å². The van der Waals surface area contributed by atoms with Crippen LogP contribution in [0, 0.1) is 11.8 Å². The smallest absolute Gasteiger partial charge is 0.305 e. The van der Waals surface area contributed by atoms with Gasteiger partial charge in [0.1, 0.15) is 0 Å². The number of aliphatic carboxylic acids is 1. The predicted molar refractivity (Wildman–Crippen MR) is 94.0 cm³/mol. The van der Waals surface area contributed by atoms with E-state index in [0.717, 1.165) is 38.8 Å².